The monoisotopic (exact) mass is 266 g/mol. The van der Waals surface area contributed by atoms with Crippen molar-refractivity contribution in [3.63, 3.8) is 0 Å². The van der Waals surface area contributed by atoms with Gasteiger partial charge in [-0.15, -0.1) is 0 Å². The molecule has 20 heavy (non-hydrogen) atoms. The predicted molar refractivity (Wildman–Crippen MR) is 80.6 cm³/mol. The molecule has 2 atom stereocenters. The summed E-state index contributed by atoms with van der Waals surface area (Å²) >= 11 is 0. The summed E-state index contributed by atoms with van der Waals surface area (Å²) in [6.45, 7) is 4.70. The van der Waals surface area contributed by atoms with Gasteiger partial charge in [-0.3, -0.25) is 5.32 Å². The molecule has 1 aliphatic carbocycles. The van der Waals surface area contributed by atoms with E-state index in [2.05, 4.69) is 47.1 Å². The third-order valence-corrected chi connectivity index (χ3v) is 4.92. The fourth-order valence-corrected chi connectivity index (χ4v) is 3.92. The third kappa shape index (κ3) is 2.07. The molecule has 0 bridgehead atoms. The topological polar surface area (TPSA) is 15.3 Å². The Kier molecular flexibility index (Phi) is 3.27. The molecule has 0 spiro atoms. The number of nitrogens with zero attached hydrogens (tertiary/aromatic N) is 1. The van der Waals surface area contributed by atoms with E-state index < -0.39 is 0 Å². The average molecular weight is 266 g/mol. The Morgan fingerprint density at radius 1 is 1.20 bits per heavy atom. The molecule has 2 unspecified atom stereocenters. The number of hydrogen-bond acceptors (Lipinski definition) is 2. The summed E-state index contributed by atoms with van der Waals surface area (Å²) in [5, 5.41) is 3.70. The second kappa shape index (κ2) is 5.25. The van der Waals surface area contributed by atoms with Crippen molar-refractivity contribution in [1.82, 2.24) is 10.2 Å². The molecule has 2 heterocycles. The van der Waals surface area contributed by atoms with Crippen LogP contribution in [-0.2, 0) is 6.42 Å². The standard InChI is InChI=1S/C18H22N2/c1-3-9-16-14(6-1)11-12-19-18(16)20-13-5-8-15-7-2-4-10-17(15)20/h1,3,6,9-10,15,18-19H,2,4-5,7-8,11-12H2. The number of rotatable bonds is 1. The highest BCUT2D eigenvalue weighted by atomic mass is 15.3. The molecule has 1 aromatic carbocycles. The summed E-state index contributed by atoms with van der Waals surface area (Å²) < 4.78 is 0. The second-order valence-corrected chi connectivity index (χ2v) is 6.13. The molecule has 0 saturated carbocycles. The molecule has 1 fully saturated rings. The van der Waals surface area contributed by atoms with Crippen molar-refractivity contribution >= 4 is 0 Å². The fourth-order valence-electron chi connectivity index (χ4n) is 3.92. The molecular formula is C18H22N2. The van der Waals surface area contributed by atoms with Crippen molar-refractivity contribution in [2.24, 2.45) is 5.92 Å². The van der Waals surface area contributed by atoms with Gasteiger partial charge in [0, 0.05) is 12.2 Å². The number of benzene rings is 1. The first kappa shape index (κ1) is 12.5. The molecule has 104 valence electrons. The van der Waals surface area contributed by atoms with Crippen LogP contribution in [-0.4, -0.2) is 11.4 Å². The lowest BCUT2D eigenvalue weighted by Gasteiger charge is -2.45. The number of piperidine rings is 1. The minimum absolute atomic E-state index is 0.298. The lowest BCUT2D eigenvalue weighted by atomic mass is 9.84. The molecule has 0 amide bonds. The summed E-state index contributed by atoms with van der Waals surface area (Å²) in [7, 11) is 0. The SMILES string of the molecule is [C]1CCC2CCCC=C2N1C1NCCc2ccccc21. The average Bonchev–Trinajstić information content (AvgIpc) is 2.54. The van der Waals surface area contributed by atoms with Crippen LogP contribution < -0.4 is 5.32 Å². The van der Waals surface area contributed by atoms with E-state index in [1.807, 2.05) is 0 Å². The Bertz CT molecular complexity index is 520. The van der Waals surface area contributed by atoms with Gasteiger partial charge in [0.05, 0.1) is 6.54 Å². The van der Waals surface area contributed by atoms with Crippen LogP contribution in [0.5, 0.6) is 0 Å². The highest BCUT2D eigenvalue weighted by Crippen LogP contribution is 2.41. The fraction of sp³-hybridized carbons (Fsp3) is 0.500. The maximum absolute atomic E-state index is 3.70. The molecule has 2 aliphatic heterocycles. The summed E-state index contributed by atoms with van der Waals surface area (Å²) in [5.41, 5.74) is 4.46. The molecule has 4 rings (SSSR count). The van der Waals surface area contributed by atoms with Crippen molar-refractivity contribution < 1.29 is 0 Å². The number of nitrogens with one attached hydrogen (secondary N) is 1. The van der Waals surface area contributed by atoms with Gasteiger partial charge >= 0.3 is 0 Å². The number of hydrogen-bond donors (Lipinski definition) is 1. The number of fused-ring (bicyclic) bond motifs is 2. The molecule has 1 saturated heterocycles. The predicted octanol–water partition coefficient (Wildman–Crippen LogP) is 3.65. The minimum atomic E-state index is 0.298. The van der Waals surface area contributed by atoms with Crippen LogP contribution in [0.3, 0.4) is 0 Å². The Balaban J connectivity index is 1.69. The Morgan fingerprint density at radius 2 is 2.15 bits per heavy atom. The van der Waals surface area contributed by atoms with Gasteiger partial charge in [-0.1, -0.05) is 30.3 Å². The van der Waals surface area contributed by atoms with E-state index in [1.54, 1.807) is 0 Å². The van der Waals surface area contributed by atoms with Gasteiger partial charge in [-0.2, -0.15) is 0 Å². The quantitative estimate of drug-likeness (QED) is 0.834. The second-order valence-electron chi connectivity index (χ2n) is 6.13. The van der Waals surface area contributed by atoms with Crippen LogP contribution in [0.4, 0.5) is 0 Å². The normalized spacial score (nSPS) is 29.4. The van der Waals surface area contributed by atoms with Crippen molar-refractivity contribution in [3.8, 4) is 0 Å². The molecule has 2 nitrogen and oxygen atoms in total. The zero-order valence-electron chi connectivity index (χ0n) is 11.9. The third-order valence-electron chi connectivity index (χ3n) is 4.92. The molecule has 1 aromatic rings. The van der Waals surface area contributed by atoms with E-state index in [4.69, 9.17) is 0 Å². The van der Waals surface area contributed by atoms with Gasteiger partial charge in [0.15, 0.2) is 0 Å². The zero-order valence-corrected chi connectivity index (χ0v) is 11.9. The summed E-state index contributed by atoms with van der Waals surface area (Å²) in [6.07, 6.45) is 10.2. The highest BCUT2D eigenvalue weighted by molar-refractivity contribution is 5.34. The molecule has 3 aliphatic rings. The van der Waals surface area contributed by atoms with Gasteiger partial charge in [-0.05, 0) is 55.6 Å². The summed E-state index contributed by atoms with van der Waals surface area (Å²) in [6, 6.07) is 8.88. The van der Waals surface area contributed by atoms with E-state index in [0.717, 1.165) is 25.3 Å². The first-order valence-electron chi connectivity index (χ1n) is 7.97. The smallest absolute Gasteiger partial charge is 0.106 e. The highest BCUT2D eigenvalue weighted by Gasteiger charge is 2.34. The van der Waals surface area contributed by atoms with Gasteiger partial charge < -0.3 is 4.90 Å². The van der Waals surface area contributed by atoms with Crippen LogP contribution in [0.1, 0.15) is 49.4 Å². The minimum Gasteiger partial charge on any atom is -0.345 e. The van der Waals surface area contributed by atoms with Gasteiger partial charge in [0.2, 0.25) is 0 Å². The van der Waals surface area contributed by atoms with Crippen molar-refractivity contribution in [2.75, 3.05) is 6.54 Å². The van der Waals surface area contributed by atoms with Crippen LogP contribution in [0, 0.1) is 12.5 Å². The molecule has 2 radical (unpaired) electrons. The van der Waals surface area contributed by atoms with Crippen molar-refractivity contribution in [2.45, 2.75) is 44.7 Å². The van der Waals surface area contributed by atoms with Crippen molar-refractivity contribution in [1.29, 1.82) is 0 Å². The van der Waals surface area contributed by atoms with Crippen LogP contribution in [0.25, 0.3) is 0 Å². The maximum atomic E-state index is 3.70. The van der Waals surface area contributed by atoms with E-state index >= 15 is 0 Å². The van der Waals surface area contributed by atoms with E-state index in [-0.39, 0.29) is 0 Å². The first-order valence-corrected chi connectivity index (χ1v) is 7.97. The molecule has 0 aromatic heterocycles. The molecular weight excluding hydrogens is 244 g/mol. The van der Waals surface area contributed by atoms with Crippen LogP contribution >= 0.6 is 0 Å². The Hall–Kier alpha value is -1.28. The maximum Gasteiger partial charge on any atom is 0.106 e. The van der Waals surface area contributed by atoms with Gasteiger partial charge in [-0.25, -0.2) is 0 Å². The molecule has 1 N–H and O–H groups in total. The molecule has 2 heteroatoms. The zero-order chi connectivity index (χ0) is 13.4. The first-order chi connectivity index (χ1) is 9.93. The Labute approximate surface area is 121 Å². The summed E-state index contributed by atoms with van der Waals surface area (Å²) in [5.74, 6) is 0.765. The number of allylic oxidation sites excluding steroid dienone is 2. The van der Waals surface area contributed by atoms with Crippen LogP contribution in [0.2, 0.25) is 0 Å². The van der Waals surface area contributed by atoms with Gasteiger partial charge in [0.1, 0.15) is 6.17 Å². The van der Waals surface area contributed by atoms with Gasteiger partial charge in [0.25, 0.3) is 0 Å². The van der Waals surface area contributed by atoms with E-state index in [0.29, 0.717) is 6.17 Å². The van der Waals surface area contributed by atoms with E-state index in [9.17, 15) is 0 Å². The number of likely N-dealkylation sites (tertiary alicyclic amines) is 1. The van der Waals surface area contributed by atoms with Crippen molar-refractivity contribution in [3.05, 3.63) is 53.7 Å². The lowest BCUT2D eigenvalue weighted by molar-refractivity contribution is 0.179. The largest absolute Gasteiger partial charge is 0.345 e. The lowest BCUT2D eigenvalue weighted by Crippen LogP contribution is -2.44. The Morgan fingerprint density at radius 3 is 3.15 bits per heavy atom. The van der Waals surface area contributed by atoms with Crippen LogP contribution in [0.15, 0.2) is 36.0 Å². The van der Waals surface area contributed by atoms with E-state index in [1.165, 1.54) is 42.5 Å². The summed E-state index contributed by atoms with van der Waals surface area (Å²) in [4.78, 5) is 2.42.